The fourth-order valence-electron chi connectivity index (χ4n) is 3.14. The van der Waals surface area contributed by atoms with Crippen LogP contribution in [0.4, 0.5) is 0 Å². The highest BCUT2D eigenvalue weighted by Crippen LogP contribution is 2.24. The fourth-order valence-corrected chi connectivity index (χ4v) is 3.14. The number of esters is 1. The van der Waals surface area contributed by atoms with Gasteiger partial charge in [0.2, 0.25) is 5.78 Å². The molecule has 0 radical (unpaired) electrons. The molecule has 0 fully saturated rings. The van der Waals surface area contributed by atoms with Crippen LogP contribution in [0.15, 0.2) is 30.3 Å². The number of hydrogen-bond acceptors (Lipinski definition) is 5. The number of imide groups is 1. The third kappa shape index (κ3) is 3.05. The zero-order valence-electron chi connectivity index (χ0n) is 15.6. The highest BCUT2D eigenvalue weighted by molar-refractivity contribution is 6.22. The summed E-state index contributed by atoms with van der Waals surface area (Å²) in [5.41, 5.74) is 2.70. The number of aromatic nitrogens is 1. The number of amides is 2. The van der Waals surface area contributed by atoms with Crippen LogP contribution in [0.3, 0.4) is 0 Å². The van der Waals surface area contributed by atoms with Crippen molar-refractivity contribution in [3.05, 3.63) is 58.4 Å². The number of carbonyl (C=O) groups excluding carboxylic acids is 4. The van der Waals surface area contributed by atoms with Crippen LogP contribution < -0.4 is 0 Å². The highest BCUT2D eigenvalue weighted by Gasteiger charge is 2.41. The van der Waals surface area contributed by atoms with Gasteiger partial charge in [-0.05, 0) is 39.0 Å². The molecule has 140 valence electrons. The maximum atomic E-state index is 12.4. The van der Waals surface area contributed by atoms with Crippen molar-refractivity contribution in [2.45, 2.75) is 26.8 Å². The van der Waals surface area contributed by atoms with Gasteiger partial charge in [-0.3, -0.25) is 19.3 Å². The number of nitrogens with zero attached hydrogens (tertiary/aromatic N) is 2. The second kappa shape index (κ2) is 6.83. The molecule has 1 aromatic carbocycles. The summed E-state index contributed by atoms with van der Waals surface area (Å²) in [6.07, 6.45) is 0. The minimum absolute atomic E-state index is 0.258. The first-order valence-electron chi connectivity index (χ1n) is 8.53. The Morgan fingerprint density at radius 3 is 2.11 bits per heavy atom. The lowest BCUT2D eigenvalue weighted by Gasteiger charge is -2.20. The largest absolute Gasteiger partial charge is 0.456 e. The quantitative estimate of drug-likeness (QED) is 0.458. The van der Waals surface area contributed by atoms with E-state index in [0.717, 1.165) is 16.3 Å². The molecule has 1 aliphatic heterocycles. The molecule has 3 rings (SSSR count). The van der Waals surface area contributed by atoms with E-state index < -0.39 is 30.4 Å². The van der Waals surface area contributed by atoms with E-state index in [9.17, 15) is 19.2 Å². The number of ether oxygens (including phenoxy) is 1. The average Bonchev–Trinajstić information content (AvgIpc) is 3.07. The molecule has 7 heteroatoms. The van der Waals surface area contributed by atoms with E-state index in [4.69, 9.17) is 4.74 Å². The number of fused-ring (bicyclic) bond motifs is 1. The van der Waals surface area contributed by atoms with Crippen LogP contribution in [0.2, 0.25) is 0 Å². The molecule has 0 aliphatic carbocycles. The van der Waals surface area contributed by atoms with E-state index in [0.29, 0.717) is 5.56 Å². The molecule has 7 nitrogen and oxygen atoms in total. The summed E-state index contributed by atoms with van der Waals surface area (Å²) in [4.78, 5) is 50.4. The lowest BCUT2D eigenvalue weighted by Crippen LogP contribution is -2.44. The SMILES string of the molecule is Cc1cc(C(=O)COC(=O)[C@H](C)N2C(=O)c3ccccc3C2=O)c(C)n1C. The van der Waals surface area contributed by atoms with Gasteiger partial charge in [0.1, 0.15) is 6.04 Å². The summed E-state index contributed by atoms with van der Waals surface area (Å²) >= 11 is 0. The van der Waals surface area contributed by atoms with Crippen LogP contribution in [0, 0.1) is 13.8 Å². The maximum Gasteiger partial charge on any atom is 0.329 e. The van der Waals surface area contributed by atoms with Gasteiger partial charge in [0.15, 0.2) is 6.61 Å². The first kappa shape index (κ1) is 18.6. The smallest absolute Gasteiger partial charge is 0.329 e. The minimum atomic E-state index is -1.12. The van der Waals surface area contributed by atoms with Gasteiger partial charge in [-0.2, -0.15) is 0 Å². The van der Waals surface area contributed by atoms with Crippen LogP contribution in [0.5, 0.6) is 0 Å². The maximum absolute atomic E-state index is 12.4. The zero-order valence-corrected chi connectivity index (χ0v) is 15.6. The second-order valence-corrected chi connectivity index (χ2v) is 6.58. The van der Waals surface area contributed by atoms with Crippen molar-refractivity contribution in [3.63, 3.8) is 0 Å². The average molecular weight is 368 g/mol. The van der Waals surface area contributed by atoms with Crippen LogP contribution in [0.25, 0.3) is 0 Å². The van der Waals surface area contributed by atoms with E-state index in [1.54, 1.807) is 18.2 Å². The van der Waals surface area contributed by atoms with Crippen molar-refractivity contribution in [2.75, 3.05) is 6.61 Å². The number of hydrogen-bond donors (Lipinski definition) is 0. The van der Waals surface area contributed by atoms with E-state index in [2.05, 4.69) is 0 Å². The molecule has 0 spiro atoms. The summed E-state index contributed by atoms with van der Waals surface area (Å²) in [6.45, 7) is 4.65. The lowest BCUT2D eigenvalue weighted by atomic mass is 10.1. The molecule has 1 atom stereocenters. The molecule has 2 aromatic rings. The third-order valence-corrected chi connectivity index (χ3v) is 4.98. The standard InChI is InChI=1S/C20H20N2O5/c1-11-9-16(12(2)21(11)4)17(23)10-27-20(26)13(3)22-18(24)14-7-5-6-8-15(14)19(22)25/h5-9,13H,10H2,1-4H3/t13-/m0/s1. The van der Waals surface area contributed by atoms with Crippen molar-refractivity contribution in [3.8, 4) is 0 Å². The Labute approximate surface area is 156 Å². The Morgan fingerprint density at radius 1 is 1.07 bits per heavy atom. The van der Waals surface area contributed by atoms with Crippen molar-refractivity contribution >= 4 is 23.6 Å². The number of aryl methyl sites for hydroxylation is 1. The van der Waals surface area contributed by atoms with Crippen molar-refractivity contribution in [2.24, 2.45) is 7.05 Å². The molecule has 0 saturated heterocycles. The first-order chi connectivity index (χ1) is 12.7. The Bertz CT molecular complexity index is 938. The van der Waals surface area contributed by atoms with Gasteiger partial charge in [0.25, 0.3) is 11.8 Å². The van der Waals surface area contributed by atoms with Gasteiger partial charge in [-0.25, -0.2) is 4.79 Å². The summed E-state index contributed by atoms with van der Waals surface area (Å²) in [6, 6.07) is 7.00. The molecule has 2 heterocycles. The Balaban J connectivity index is 1.68. The number of carbonyl (C=O) groups is 4. The van der Waals surface area contributed by atoms with E-state index in [1.807, 2.05) is 25.5 Å². The normalized spacial score (nSPS) is 14.3. The lowest BCUT2D eigenvalue weighted by molar-refractivity contribution is -0.146. The Kier molecular flexibility index (Phi) is 4.70. The van der Waals surface area contributed by atoms with Crippen LogP contribution in [-0.2, 0) is 16.6 Å². The predicted octanol–water partition coefficient (Wildman–Crippen LogP) is 2.05. The number of rotatable bonds is 5. The van der Waals surface area contributed by atoms with Crippen molar-refractivity contribution < 1.29 is 23.9 Å². The monoisotopic (exact) mass is 368 g/mol. The molecule has 0 unspecified atom stereocenters. The number of ketones is 1. The molecule has 0 N–H and O–H groups in total. The molecule has 0 saturated carbocycles. The Morgan fingerprint density at radius 2 is 1.63 bits per heavy atom. The summed E-state index contributed by atoms with van der Waals surface area (Å²) in [5, 5.41) is 0. The van der Waals surface area contributed by atoms with E-state index in [1.165, 1.54) is 19.1 Å². The molecule has 2 amide bonds. The van der Waals surface area contributed by atoms with Crippen LogP contribution in [-0.4, -0.2) is 45.7 Å². The van der Waals surface area contributed by atoms with E-state index in [-0.39, 0.29) is 16.9 Å². The van der Waals surface area contributed by atoms with E-state index >= 15 is 0 Å². The Hall–Kier alpha value is -3.22. The minimum Gasteiger partial charge on any atom is -0.456 e. The molecule has 1 aliphatic rings. The van der Waals surface area contributed by atoms with Gasteiger partial charge in [-0.15, -0.1) is 0 Å². The van der Waals surface area contributed by atoms with Gasteiger partial charge < -0.3 is 9.30 Å². The molecule has 0 bridgehead atoms. The molecule has 1 aromatic heterocycles. The predicted molar refractivity (Wildman–Crippen MR) is 96.6 cm³/mol. The topological polar surface area (TPSA) is 85.7 Å². The number of Topliss-reactive ketones (excluding diaryl/α,β-unsaturated/α-hetero) is 1. The van der Waals surface area contributed by atoms with Gasteiger partial charge >= 0.3 is 5.97 Å². The fraction of sp³-hybridized carbons (Fsp3) is 0.300. The zero-order chi connectivity index (χ0) is 19.9. The van der Waals surface area contributed by atoms with Crippen LogP contribution in [0.1, 0.15) is 49.4 Å². The number of benzene rings is 1. The highest BCUT2D eigenvalue weighted by atomic mass is 16.5. The van der Waals surface area contributed by atoms with Gasteiger partial charge in [0.05, 0.1) is 11.1 Å². The van der Waals surface area contributed by atoms with Gasteiger partial charge in [0, 0.05) is 24.0 Å². The van der Waals surface area contributed by atoms with Crippen LogP contribution >= 0.6 is 0 Å². The van der Waals surface area contributed by atoms with Gasteiger partial charge in [-0.1, -0.05) is 12.1 Å². The summed E-state index contributed by atoms with van der Waals surface area (Å²) < 4.78 is 6.96. The third-order valence-electron chi connectivity index (χ3n) is 4.98. The summed E-state index contributed by atoms with van der Waals surface area (Å²) in [5.74, 6) is -2.22. The van der Waals surface area contributed by atoms with Crippen molar-refractivity contribution in [1.82, 2.24) is 9.47 Å². The van der Waals surface area contributed by atoms with Crippen molar-refractivity contribution in [1.29, 1.82) is 0 Å². The summed E-state index contributed by atoms with van der Waals surface area (Å²) in [7, 11) is 1.85. The molecule has 27 heavy (non-hydrogen) atoms. The second-order valence-electron chi connectivity index (χ2n) is 6.58. The molecular weight excluding hydrogens is 348 g/mol. The first-order valence-corrected chi connectivity index (χ1v) is 8.53. The molecular formula is C20H20N2O5.